The fraction of sp³-hybridized carbons (Fsp3) is 0.429. The van der Waals surface area contributed by atoms with Crippen molar-refractivity contribution in [2.45, 2.75) is 32.4 Å². The van der Waals surface area contributed by atoms with E-state index in [0.717, 1.165) is 5.56 Å². The molecule has 1 aromatic carbocycles. The molecular weight excluding hydrogens is 280 g/mol. The minimum atomic E-state index is -1.27. The third-order valence-corrected chi connectivity index (χ3v) is 3.63. The standard InChI is InChI=1S/C14H19ClN2O3/c1-9(10-5-7-11(15)8-6-10)16-13(20)17(4)14(2,3)12(18)19/h5-9H,1-4H3,(H,16,20)(H,18,19). The number of benzene rings is 1. The highest BCUT2D eigenvalue weighted by atomic mass is 35.5. The Morgan fingerprint density at radius 1 is 1.30 bits per heavy atom. The molecule has 0 aliphatic heterocycles. The van der Waals surface area contributed by atoms with E-state index in [1.165, 1.54) is 25.8 Å². The molecule has 0 bridgehead atoms. The Hall–Kier alpha value is -1.75. The molecular formula is C14H19ClN2O3. The topological polar surface area (TPSA) is 69.6 Å². The molecule has 0 heterocycles. The highest BCUT2D eigenvalue weighted by Gasteiger charge is 2.35. The molecule has 0 saturated heterocycles. The van der Waals surface area contributed by atoms with E-state index in [1.54, 1.807) is 12.1 Å². The van der Waals surface area contributed by atoms with Crippen molar-refractivity contribution in [3.63, 3.8) is 0 Å². The number of amides is 2. The number of carbonyl (C=O) groups is 2. The van der Waals surface area contributed by atoms with Gasteiger partial charge in [0.05, 0.1) is 6.04 Å². The zero-order valence-electron chi connectivity index (χ0n) is 12.0. The summed E-state index contributed by atoms with van der Waals surface area (Å²) in [5, 5.41) is 12.5. The lowest BCUT2D eigenvalue weighted by Gasteiger charge is -2.32. The molecule has 2 N–H and O–H groups in total. The van der Waals surface area contributed by atoms with Crippen molar-refractivity contribution < 1.29 is 14.7 Å². The summed E-state index contributed by atoms with van der Waals surface area (Å²) >= 11 is 5.81. The van der Waals surface area contributed by atoms with Gasteiger partial charge >= 0.3 is 12.0 Å². The fourth-order valence-corrected chi connectivity index (χ4v) is 1.64. The third-order valence-electron chi connectivity index (χ3n) is 3.38. The van der Waals surface area contributed by atoms with Gasteiger partial charge < -0.3 is 15.3 Å². The van der Waals surface area contributed by atoms with Crippen LogP contribution in [0.2, 0.25) is 5.02 Å². The Balaban J connectivity index is 2.75. The van der Waals surface area contributed by atoms with Gasteiger partial charge in [-0.05, 0) is 38.5 Å². The normalized spacial score (nSPS) is 12.7. The van der Waals surface area contributed by atoms with Crippen LogP contribution in [0.15, 0.2) is 24.3 Å². The van der Waals surface area contributed by atoms with Gasteiger partial charge in [-0.15, -0.1) is 0 Å². The summed E-state index contributed by atoms with van der Waals surface area (Å²) in [4.78, 5) is 24.4. The Bertz CT molecular complexity index is 500. The van der Waals surface area contributed by atoms with Crippen molar-refractivity contribution in [2.75, 3.05) is 7.05 Å². The van der Waals surface area contributed by atoms with Gasteiger partial charge in [0.1, 0.15) is 5.54 Å². The maximum atomic E-state index is 12.1. The highest BCUT2D eigenvalue weighted by molar-refractivity contribution is 6.30. The van der Waals surface area contributed by atoms with E-state index in [1.807, 2.05) is 19.1 Å². The zero-order chi connectivity index (χ0) is 15.5. The summed E-state index contributed by atoms with van der Waals surface area (Å²) in [6.45, 7) is 4.77. The number of aliphatic carboxylic acids is 1. The van der Waals surface area contributed by atoms with Crippen LogP contribution in [0.25, 0.3) is 0 Å². The fourth-order valence-electron chi connectivity index (χ4n) is 1.51. The molecule has 1 atom stereocenters. The van der Waals surface area contributed by atoms with Gasteiger partial charge in [-0.2, -0.15) is 0 Å². The van der Waals surface area contributed by atoms with Crippen LogP contribution in [-0.2, 0) is 4.79 Å². The predicted molar refractivity (Wildman–Crippen MR) is 77.9 cm³/mol. The van der Waals surface area contributed by atoms with E-state index in [2.05, 4.69) is 5.32 Å². The Morgan fingerprint density at radius 2 is 1.80 bits per heavy atom. The van der Waals surface area contributed by atoms with Gasteiger partial charge in [0, 0.05) is 12.1 Å². The average molecular weight is 299 g/mol. The van der Waals surface area contributed by atoms with E-state index in [0.29, 0.717) is 5.02 Å². The second-order valence-corrected chi connectivity index (χ2v) is 5.58. The first-order chi connectivity index (χ1) is 9.16. The Labute approximate surface area is 123 Å². The first kappa shape index (κ1) is 16.3. The summed E-state index contributed by atoms with van der Waals surface area (Å²) in [6, 6.07) is 6.42. The van der Waals surface area contributed by atoms with Crippen molar-refractivity contribution in [3.05, 3.63) is 34.9 Å². The lowest BCUT2D eigenvalue weighted by Crippen LogP contribution is -2.54. The number of hydrogen-bond donors (Lipinski definition) is 2. The number of carbonyl (C=O) groups excluding carboxylic acids is 1. The summed E-state index contributed by atoms with van der Waals surface area (Å²) in [5.74, 6) is -1.06. The van der Waals surface area contributed by atoms with Crippen LogP contribution in [0.5, 0.6) is 0 Å². The summed E-state index contributed by atoms with van der Waals surface area (Å²) in [5.41, 5.74) is -0.381. The molecule has 0 aliphatic rings. The van der Waals surface area contributed by atoms with E-state index < -0.39 is 17.5 Å². The number of halogens is 1. The molecule has 0 aliphatic carbocycles. The lowest BCUT2D eigenvalue weighted by molar-refractivity contribution is -0.146. The van der Waals surface area contributed by atoms with E-state index in [9.17, 15) is 9.59 Å². The maximum absolute atomic E-state index is 12.1. The first-order valence-corrected chi connectivity index (χ1v) is 6.57. The quantitative estimate of drug-likeness (QED) is 0.898. The van der Waals surface area contributed by atoms with Crippen LogP contribution in [0.4, 0.5) is 4.79 Å². The van der Waals surface area contributed by atoms with Crippen LogP contribution < -0.4 is 5.32 Å². The first-order valence-electron chi connectivity index (χ1n) is 6.19. The van der Waals surface area contributed by atoms with Gasteiger partial charge in [0.2, 0.25) is 0 Å². The number of carboxylic acids is 1. The molecule has 1 aromatic rings. The molecule has 1 rings (SSSR count). The number of urea groups is 1. The molecule has 0 fully saturated rings. The van der Waals surface area contributed by atoms with E-state index in [4.69, 9.17) is 16.7 Å². The molecule has 20 heavy (non-hydrogen) atoms. The number of likely N-dealkylation sites (N-methyl/N-ethyl adjacent to an activating group) is 1. The van der Waals surface area contributed by atoms with Gasteiger partial charge in [-0.25, -0.2) is 9.59 Å². The minimum Gasteiger partial charge on any atom is -0.480 e. The van der Waals surface area contributed by atoms with Crippen molar-refractivity contribution in [1.82, 2.24) is 10.2 Å². The van der Waals surface area contributed by atoms with Crippen LogP contribution in [-0.4, -0.2) is 34.6 Å². The predicted octanol–water partition coefficient (Wildman–Crippen LogP) is 2.91. The number of hydrogen-bond acceptors (Lipinski definition) is 2. The molecule has 1 unspecified atom stereocenters. The lowest BCUT2D eigenvalue weighted by atomic mass is 10.0. The largest absolute Gasteiger partial charge is 0.480 e. The molecule has 110 valence electrons. The summed E-state index contributed by atoms with van der Waals surface area (Å²) in [6.07, 6.45) is 0. The van der Waals surface area contributed by atoms with Crippen LogP contribution in [0.1, 0.15) is 32.4 Å². The smallest absolute Gasteiger partial charge is 0.329 e. The Morgan fingerprint density at radius 3 is 2.25 bits per heavy atom. The summed E-state index contributed by atoms with van der Waals surface area (Å²) < 4.78 is 0. The van der Waals surface area contributed by atoms with Crippen LogP contribution >= 0.6 is 11.6 Å². The number of nitrogens with one attached hydrogen (secondary N) is 1. The third kappa shape index (κ3) is 3.63. The van der Waals surface area contributed by atoms with Crippen molar-refractivity contribution in [2.24, 2.45) is 0 Å². The van der Waals surface area contributed by atoms with Gasteiger partial charge in [-0.1, -0.05) is 23.7 Å². The number of carboxylic acid groups (broad SMARTS) is 1. The number of rotatable bonds is 4. The monoisotopic (exact) mass is 298 g/mol. The van der Waals surface area contributed by atoms with E-state index >= 15 is 0 Å². The number of nitrogens with zero attached hydrogens (tertiary/aromatic N) is 1. The van der Waals surface area contributed by atoms with Crippen molar-refractivity contribution >= 4 is 23.6 Å². The molecule has 0 aromatic heterocycles. The van der Waals surface area contributed by atoms with Gasteiger partial charge in [-0.3, -0.25) is 0 Å². The highest BCUT2D eigenvalue weighted by Crippen LogP contribution is 2.18. The maximum Gasteiger partial charge on any atom is 0.329 e. The van der Waals surface area contributed by atoms with Crippen molar-refractivity contribution in [1.29, 1.82) is 0 Å². The Kier molecular flexibility index (Phi) is 5.00. The molecule has 6 heteroatoms. The second kappa shape index (κ2) is 6.13. The minimum absolute atomic E-state index is 0.244. The average Bonchev–Trinajstić information content (AvgIpc) is 2.38. The zero-order valence-corrected chi connectivity index (χ0v) is 12.7. The van der Waals surface area contributed by atoms with Gasteiger partial charge in [0.25, 0.3) is 0 Å². The molecule has 2 amide bonds. The molecule has 5 nitrogen and oxygen atoms in total. The second-order valence-electron chi connectivity index (χ2n) is 5.15. The van der Waals surface area contributed by atoms with Crippen LogP contribution in [0.3, 0.4) is 0 Å². The molecule has 0 saturated carbocycles. The van der Waals surface area contributed by atoms with Gasteiger partial charge in [0.15, 0.2) is 0 Å². The molecule has 0 spiro atoms. The SMILES string of the molecule is CC(NC(=O)N(C)C(C)(C)C(=O)O)c1ccc(Cl)cc1. The van der Waals surface area contributed by atoms with E-state index in [-0.39, 0.29) is 6.04 Å². The van der Waals surface area contributed by atoms with Crippen molar-refractivity contribution in [3.8, 4) is 0 Å². The summed E-state index contributed by atoms with van der Waals surface area (Å²) in [7, 11) is 1.46. The van der Waals surface area contributed by atoms with Crippen LogP contribution in [0, 0.1) is 0 Å². The molecule has 0 radical (unpaired) electrons.